The molecular formula is C24H32ClN3O3. The van der Waals surface area contributed by atoms with Crippen molar-refractivity contribution in [2.45, 2.75) is 57.2 Å². The second kappa shape index (κ2) is 8.05. The first-order chi connectivity index (χ1) is 14.8. The molecule has 1 aliphatic heterocycles. The van der Waals surface area contributed by atoms with Crippen LogP contribution in [0.1, 0.15) is 50.6 Å². The van der Waals surface area contributed by atoms with Gasteiger partial charge in [0.25, 0.3) is 5.91 Å². The van der Waals surface area contributed by atoms with E-state index in [1.165, 1.54) is 0 Å². The van der Waals surface area contributed by atoms with Crippen LogP contribution in [0.2, 0.25) is 5.02 Å². The minimum atomic E-state index is -0.474. The van der Waals surface area contributed by atoms with Gasteiger partial charge < -0.3 is 15.8 Å². The van der Waals surface area contributed by atoms with Crippen molar-refractivity contribution in [1.82, 2.24) is 10.2 Å². The van der Waals surface area contributed by atoms with Crippen LogP contribution in [0.5, 0.6) is 0 Å². The van der Waals surface area contributed by atoms with Crippen molar-refractivity contribution in [2.24, 2.45) is 28.9 Å². The summed E-state index contributed by atoms with van der Waals surface area (Å²) in [6, 6.07) is 8.20. The van der Waals surface area contributed by atoms with Crippen LogP contribution in [0.25, 0.3) is 0 Å². The van der Waals surface area contributed by atoms with Gasteiger partial charge >= 0.3 is 0 Å². The van der Waals surface area contributed by atoms with E-state index in [4.69, 9.17) is 22.1 Å². The molecule has 0 radical (unpaired) electrons. The maximum atomic E-state index is 13.2. The second-order valence-electron chi connectivity index (χ2n) is 10.2. The highest BCUT2D eigenvalue weighted by Gasteiger charge is 2.58. The molecule has 4 bridgehead atoms. The summed E-state index contributed by atoms with van der Waals surface area (Å²) < 4.78 is 5.88. The Morgan fingerprint density at radius 3 is 2.68 bits per heavy atom. The Morgan fingerprint density at radius 2 is 2.00 bits per heavy atom. The van der Waals surface area contributed by atoms with E-state index in [2.05, 4.69) is 23.2 Å². The number of nitrogens with two attached hydrogens (primary N) is 1. The highest BCUT2D eigenvalue weighted by Crippen LogP contribution is 2.59. The molecule has 0 spiro atoms. The zero-order chi connectivity index (χ0) is 21.8. The fourth-order valence-electron chi connectivity index (χ4n) is 6.98. The highest BCUT2D eigenvalue weighted by molar-refractivity contribution is 6.30. The summed E-state index contributed by atoms with van der Waals surface area (Å²) >= 11 is 6.17. The lowest BCUT2D eigenvalue weighted by molar-refractivity contribution is -0.151. The minimum Gasteiger partial charge on any atom is -0.369 e. The molecule has 4 saturated carbocycles. The van der Waals surface area contributed by atoms with Crippen LogP contribution in [-0.4, -0.2) is 48.6 Å². The predicted octanol–water partition coefficient (Wildman–Crippen LogP) is 2.90. The van der Waals surface area contributed by atoms with E-state index < -0.39 is 6.10 Å². The number of nitrogens with zero attached hydrogens (tertiary/aromatic N) is 1. The van der Waals surface area contributed by atoms with Crippen molar-refractivity contribution in [2.75, 3.05) is 19.7 Å². The van der Waals surface area contributed by atoms with Crippen LogP contribution >= 0.6 is 11.6 Å². The van der Waals surface area contributed by atoms with Crippen LogP contribution < -0.4 is 11.1 Å². The predicted molar refractivity (Wildman–Crippen MR) is 118 cm³/mol. The standard InChI is InChI=1S/C24H32ClN3O3/c1-14(16-3-2-4-19(25)9-16)28-5-6-31-20(13-28)22(29)27-21-17-7-15-8-18(21)12-24(10-15,11-17)23(26)30/h2-4,9,14-15,17-18,20-21H,5-8,10-13H2,1H3,(H2,26,30)(H,27,29)/t14-,15?,17?,18?,20?,21?,24?/m1/s1. The van der Waals surface area contributed by atoms with Gasteiger partial charge in [-0.05, 0) is 74.5 Å². The molecule has 1 saturated heterocycles. The summed E-state index contributed by atoms with van der Waals surface area (Å²) in [7, 11) is 0. The first-order valence-corrected chi connectivity index (χ1v) is 11.9. The van der Waals surface area contributed by atoms with Crippen molar-refractivity contribution in [3.63, 3.8) is 0 Å². The Hall–Kier alpha value is -1.63. The Bertz CT molecular complexity index is 861. The van der Waals surface area contributed by atoms with E-state index in [0.29, 0.717) is 30.9 Å². The Morgan fingerprint density at radius 1 is 1.26 bits per heavy atom. The number of primary amides is 1. The zero-order valence-electron chi connectivity index (χ0n) is 18.1. The number of rotatable bonds is 5. The van der Waals surface area contributed by atoms with Gasteiger partial charge in [0.05, 0.1) is 6.61 Å². The number of morpholine rings is 1. The SMILES string of the molecule is C[C@H](c1cccc(Cl)c1)N1CCOC(C(=O)NC2C3CC4CC2CC(C(N)=O)(C4)C3)C1. The Labute approximate surface area is 188 Å². The van der Waals surface area contributed by atoms with Crippen molar-refractivity contribution in [3.05, 3.63) is 34.9 Å². The van der Waals surface area contributed by atoms with Crippen LogP contribution in [0.3, 0.4) is 0 Å². The van der Waals surface area contributed by atoms with Crippen molar-refractivity contribution < 1.29 is 14.3 Å². The van der Waals surface area contributed by atoms with Gasteiger partial charge in [0.15, 0.2) is 0 Å². The molecule has 6 nitrogen and oxygen atoms in total. The van der Waals surface area contributed by atoms with Crippen molar-refractivity contribution >= 4 is 23.4 Å². The normalized spacial score (nSPS) is 38.1. The molecule has 31 heavy (non-hydrogen) atoms. The molecule has 3 N–H and O–H groups in total. The van der Waals surface area contributed by atoms with Gasteiger partial charge in [-0.25, -0.2) is 0 Å². The molecule has 3 unspecified atom stereocenters. The molecule has 7 heteroatoms. The number of hydrogen-bond acceptors (Lipinski definition) is 4. The Kier molecular flexibility index (Phi) is 5.51. The van der Waals surface area contributed by atoms with Crippen LogP contribution in [0.4, 0.5) is 0 Å². The maximum absolute atomic E-state index is 13.2. The topological polar surface area (TPSA) is 84.7 Å². The first kappa shape index (κ1) is 21.2. The molecular weight excluding hydrogens is 414 g/mol. The molecule has 5 aliphatic rings. The number of benzene rings is 1. The van der Waals surface area contributed by atoms with Crippen LogP contribution in [0.15, 0.2) is 24.3 Å². The lowest BCUT2D eigenvalue weighted by atomic mass is 9.47. The molecule has 1 heterocycles. The van der Waals surface area contributed by atoms with E-state index in [0.717, 1.165) is 49.2 Å². The number of halogens is 1. The summed E-state index contributed by atoms with van der Waals surface area (Å²) in [6.07, 6.45) is 4.31. The Balaban J connectivity index is 1.23. The summed E-state index contributed by atoms with van der Waals surface area (Å²) in [4.78, 5) is 27.6. The van der Waals surface area contributed by atoms with Gasteiger partial charge in [0.1, 0.15) is 6.10 Å². The summed E-state index contributed by atoms with van der Waals surface area (Å²) in [5, 5.41) is 4.06. The molecule has 4 aliphatic carbocycles. The molecule has 6 rings (SSSR count). The summed E-state index contributed by atoms with van der Waals surface area (Å²) in [5.74, 6) is 1.13. The third-order valence-electron chi connectivity index (χ3n) is 8.37. The van der Waals surface area contributed by atoms with Gasteiger partial charge in [-0.3, -0.25) is 14.5 Å². The maximum Gasteiger partial charge on any atom is 0.250 e. The average Bonchev–Trinajstić information content (AvgIpc) is 2.75. The number of ether oxygens (including phenoxy) is 1. The molecule has 168 valence electrons. The number of carbonyl (C=O) groups excluding carboxylic acids is 2. The van der Waals surface area contributed by atoms with Crippen molar-refractivity contribution in [1.29, 1.82) is 0 Å². The second-order valence-corrected chi connectivity index (χ2v) is 10.7. The molecule has 1 aromatic carbocycles. The van der Waals surface area contributed by atoms with Gasteiger partial charge in [-0.2, -0.15) is 0 Å². The van der Waals surface area contributed by atoms with Crippen LogP contribution in [0, 0.1) is 23.2 Å². The smallest absolute Gasteiger partial charge is 0.250 e. The van der Waals surface area contributed by atoms with Crippen molar-refractivity contribution in [3.8, 4) is 0 Å². The molecule has 4 atom stereocenters. The number of hydrogen-bond donors (Lipinski definition) is 2. The van der Waals surface area contributed by atoms with Gasteiger partial charge in [-0.15, -0.1) is 0 Å². The van der Waals surface area contributed by atoms with Gasteiger partial charge in [0.2, 0.25) is 5.91 Å². The quantitative estimate of drug-likeness (QED) is 0.729. The molecule has 5 fully saturated rings. The largest absolute Gasteiger partial charge is 0.369 e. The zero-order valence-corrected chi connectivity index (χ0v) is 18.8. The first-order valence-electron chi connectivity index (χ1n) is 11.6. The van der Waals surface area contributed by atoms with Gasteiger partial charge in [0, 0.05) is 35.6 Å². The number of amides is 2. The monoisotopic (exact) mass is 445 g/mol. The minimum absolute atomic E-state index is 0.0198. The third kappa shape index (κ3) is 3.87. The molecule has 0 aromatic heterocycles. The lowest BCUT2D eigenvalue weighted by Crippen LogP contribution is -2.63. The fraction of sp³-hybridized carbons (Fsp3) is 0.667. The lowest BCUT2D eigenvalue weighted by Gasteiger charge is -2.59. The number of nitrogens with one attached hydrogen (secondary N) is 1. The molecule has 1 aromatic rings. The fourth-order valence-corrected chi connectivity index (χ4v) is 7.17. The van der Waals surface area contributed by atoms with E-state index >= 15 is 0 Å². The molecule has 2 amide bonds. The summed E-state index contributed by atoms with van der Waals surface area (Å²) in [5.41, 5.74) is 6.61. The number of carbonyl (C=O) groups is 2. The van der Waals surface area contributed by atoms with Crippen LogP contribution in [-0.2, 0) is 14.3 Å². The van der Waals surface area contributed by atoms with E-state index in [9.17, 15) is 9.59 Å². The van der Waals surface area contributed by atoms with Gasteiger partial charge in [-0.1, -0.05) is 23.7 Å². The van der Waals surface area contributed by atoms with E-state index in [-0.39, 0.29) is 29.3 Å². The average molecular weight is 446 g/mol. The summed E-state index contributed by atoms with van der Waals surface area (Å²) in [6.45, 7) is 4.03. The van der Waals surface area contributed by atoms with E-state index in [1.807, 2.05) is 18.2 Å². The highest BCUT2D eigenvalue weighted by atomic mass is 35.5. The third-order valence-corrected chi connectivity index (χ3v) is 8.61. The van der Waals surface area contributed by atoms with E-state index in [1.54, 1.807) is 0 Å².